The fourth-order valence-electron chi connectivity index (χ4n) is 3.19. The van der Waals surface area contributed by atoms with Gasteiger partial charge in [-0.15, -0.1) is 0 Å². The first kappa shape index (κ1) is 22.1. The SMILES string of the molecule is CCCCCC(=O)NC(=S)Nc1ccc(N2CCN(C(=O)C(C)C)CC2)cc1. The van der Waals surface area contributed by atoms with Crippen LogP contribution in [0, 0.1) is 5.92 Å². The number of hydrogen-bond acceptors (Lipinski definition) is 4. The maximum absolute atomic E-state index is 12.1. The number of unbranched alkanes of at least 4 members (excludes halogenated alkanes) is 2. The van der Waals surface area contributed by atoms with Crippen molar-refractivity contribution in [1.82, 2.24) is 10.2 Å². The third kappa shape index (κ3) is 6.78. The monoisotopic (exact) mass is 404 g/mol. The van der Waals surface area contributed by atoms with E-state index in [-0.39, 0.29) is 17.7 Å². The number of amides is 2. The first-order valence-electron chi connectivity index (χ1n) is 10.1. The van der Waals surface area contributed by atoms with Gasteiger partial charge in [-0.2, -0.15) is 0 Å². The van der Waals surface area contributed by atoms with Crippen LogP contribution in [0.15, 0.2) is 24.3 Å². The van der Waals surface area contributed by atoms with Crippen LogP contribution >= 0.6 is 12.2 Å². The third-order valence-corrected chi connectivity index (χ3v) is 5.04. The predicted molar refractivity (Wildman–Crippen MR) is 119 cm³/mol. The minimum absolute atomic E-state index is 0.0450. The Balaban J connectivity index is 1.79. The zero-order chi connectivity index (χ0) is 20.5. The van der Waals surface area contributed by atoms with E-state index >= 15 is 0 Å². The Bertz CT molecular complexity index is 667. The molecule has 1 saturated heterocycles. The average Bonchev–Trinajstić information content (AvgIpc) is 2.68. The van der Waals surface area contributed by atoms with Crippen molar-refractivity contribution in [2.24, 2.45) is 5.92 Å². The van der Waals surface area contributed by atoms with E-state index in [0.29, 0.717) is 11.5 Å². The molecule has 0 unspecified atom stereocenters. The molecule has 1 heterocycles. The second kappa shape index (κ2) is 11.0. The normalized spacial score (nSPS) is 14.1. The molecule has 0 spiro atoms. The van der Waals surface area contributed by atoms with Gasteiger partial charge in [0.15, 0.2) is 5.11 Å². The lowest BCUT2D eigenvalue weighted by Gasteiger charge is -2.37. The summed E-state index contributed by atoms with van der Waals surface area (Å²) in [6.45, 7) is 9.17. The Kier molecular flexibility index (Phi) is 8.70. The number of hydrogen-bond donors (Lipinski definition) is 2. The second-order valence-corrected chi connectivity index (χ2v) is 7.88. The molecule has 1 aliphatic heterocycles. The molecule has 2 N–H and O–H groups in total. The van der Waals surface area contributed by atoms with E-state index in [9.17, 15) is 9.59 Å². The van der Waals surface area contributed by atoms with Crippen LogP contribution in [-0.2, 0) is 9.59 Å². The smallest absolute Gasteiger partial charge is 0.226 e. The summed E-state index contributed by atoms with van der Waals surface area (Å²) in [5.41, 5.74) is 1.97. The highest BCUT2D eigenvalue weighted by molar-refractivity contribution is 7.80. The molecule has 6 nitrogen and oxygen atoms in total. The topological polar surface area (TPSA) is 64.7 Å². The number of anilines is 2. The summed E-state index contributed by atoms with van der Waals surface area (Å²) >= 11 is 5.22. The molecule has 0 aromatic heterocycles. The van der Waals surface area contributed by atoms with Gasteiger partial charge >= 0.3 is 0 Å². The summed E-state index contributed by atoms with van der Waals surface area (Å²) in [6, 6.07) is 7.98. The highest BCUT2D eigenvalue weighted by Crippen LogP contribution is 2.20. The van der Waals surface area contributed by atoms with Gasteiger partial charge in [-0.1, -0.05) is 33.6 Å². The van der Waals surface area contributed by atoms with Crippen molar-refractivity contribution in [2.45, 2.75) is 46.5 Å². The number of carbonyl (C=O) groups excluding carboxylic acids is 2. The van der Waals surface area contributed by atoms with Gasteiger partial charge in [-0.25, -0.2) is 0 Å². The first-order chi connectivity index (χ1) is 13.4. The van der Waals surface area contributed by atoms with Gasteiger partial charge in [0, 0.05) is 49.9 Å². The number of thiocarbonyl (C=S) groups is 1. The molecule has 154 valence electrons. The van der Waals surface area contributed by atoms with Crippen molar-refractivity contribution in [3.05, 3.63) is 24.3 Å². The molecule has 1 aliphatic rings. The summed E-state index contributed by atoms with van der Waals surface area (Å²) in [6.07, 6.45) is 3.52. The van der Waals surface area contributed by atoms with Gasteiger partial charge in [0.25, 0.3) is 0 Å². The Morgan fingerprint density at radius 1 is 1.07 bits per heavy atom. The summed E-state index contributed by atoms with van der Waals surface area (Å²) in [7, 11) is 0. The molecule has 2 rings (SSSR count). The van der Waals surface area contributed by atoms with Gasteiger partial charge in [0.2, 0.25) is 11.8 Å². The molecule has 1 aromatic carbocycles. The summed E-state index contributed by atoms with van der Waals surface area (Å²) in [4.78, 5) is 28.1. The van der Waals surface area contributed by atoms with Crippen molar-refractivity contribution in [3.8, 4) is 0 Å². The number of benzene rings is 1. The Hall–Kier alpha value is -2.15. The average molecular weight is 405 g/mol. The Labute approximate surface area is 173 Å². The van der Waals surface area contributed by atoms with Crippen LogP contribution in [0.2, 0.25) is 0 Å². The van der Waals surface area contributed by atoms with Crippen LogP contribution in [0.25, 0.3) is 0 Å². The largest absolute Gasteiger partial charge is 0.368 e. The first-order valence-corrected chi connectivity index (χ1v) is 10.6. The Morgan fingerprint density at radius 2 is 1.71 bits per heavy atom. The maximum atomic E-state index is 12.1. The van der Waals surface area contributed by atoms with Crippen LogP contribution < -0.4 is 15.5 Å². The second-order valence-electron chi connectivity index (χ2n) is 7.47. The van der Waals surface area contributed by atoms with E-state index in [4.69, 9.17) is 12.2 Å². The zero-order valence-corrected chi connectivity index (χ0v) is 18.0. The predicted octanol–water partition coefficient (Wildman–Crippen LogP) is 3.38. The van der Waals surface area contributed by atoms with E-state index in [1.54, 1.807) is 0 Å². The lowest BCUT2D eigenvalue weighted by atomic mass is 10.1. The quantitative estimate of drug-likeness (QED) is 0.539. The number of rotatable bonds is 7. The summed E-state index contributed by atoms with van der Waals surface area (Å²) in [5, 5.41) is 6.11. The van der Waals surface area contributed by atoms with Crippen LogP contribution in [-0.4, -0.2) is 48.0 Å². The number of piperazine rings is 1. The van der Waals surface area contributed by atoms with Crippen molar-refractivity contribution in [1.29, 1.82) is 0 Å². The van der Waals surface area contributed by atoms with Gasteiger partial charge in [0.1, 0.15) is 0 Å². The molecule has 28 heavy (non-hydrogen) atoms. The Morgan fingerprint density at radius 3 is 2.29 bits per heavy atom. The molecule has 2 amide bonds. The van der Waals surface area contributed by atoms with Gasteiger partial charge in [-0.05, 0) is 42.9 Å². The third-order valence-electron chi connectivity index (χ3n) is 4.84. The molecular formula is C21H32N4O2S. The highest BCUT2D eigenvalue weighted by atomic mass is 32.1. The molecule has 0 aliphatic carbocycles. The van der Waals surface area contributed by atoms with Crippen LogP contribution in [0.4, 0.5) is 11.4 Å². The molecule has 1 aromatic rings. The zero-order valence-electron chi connectivity index (χ0n) is 17.2. The van der Waals surface area contributed by atoms with Gasteiger partial charge in [0.05, 0.1) is 0 Å². The van der Waals surface area contributed by atoms with E-state index in [2.05, 4.69) is 22.5 Å². The van der Waals surface area contributed by atoms with Crippen LogP contribution in [0.1, 0.15) is 46.5 Å². The fraction of sp³-hybridized carbons (Fsp3) is 0.571. The van der Waals surface area contributed by atoms with E-state index in [0.717, 1.165) is 56.8 Å². The molecule has 0 atom stereocenters. The lowest BCUT2D eigenvalue weighted by Crippen LogP contribution is -2.49. The van der Waals surface area contributed by atoms with Crippen LogP contribution in [0.5, 0.6) is 0 Å². The van der Waals surface area contributed by atoms with Gasteiger partial charge in [-0.3, -0.25) is 9.59 Å². The molecule has 0 saturated carbocycles. The van der Waals surface area contributed by atoms with Crippen molar-refractivity contribution < 1.29 is 9.59 Å². The molecule has 7 heteroatoms. The number of carbonyl (C=O) groups is 2. The van der Waals surface area contributed by atoms with Crippen molar-refractivity contribution in [3.63, 3.8) is 0 Å². The summed E-state index contributed by atoms with van der Waals surface area (Å²) in [5.74, 6) is 0.230. The minimum atomic E-state index is -0.0450. The fourth-order valence-corrected chi connectivity index (χ4v) is 3.42. The lowest BCUT2D eigenvalue weighted by molar-refractivity contribution is -0.134. The summed E-state index contributed by atoms with van der Waals surface area (Å²) < 4.78 is 0. The van der Waals surface area contributed by atoms with E-state index in [1.807, 2.05) is 43.0 Å². The standard InChI is InChI=1S/C21H32N4O2S/c1-4-5-6-7-19(26)23-21(28)22-17-8-10-18(11-9-17)24-12-14-25(15-13-24)20(27)16(2)3/h8-11,16H,4-7,12-15H2,1-3H3,(H2,22,23,26,28). The number of nitrogens with zero attached hydrogens (tertiary/aromatic N) is 2. The molecule has 0 bridgehead atoms. The highest BCUT2D eigenvalue weighted by Gasteiger charge is 2.22. The van der Waals surface area contributed by atoms with E-state index < -0.39 is 0 Å². The van der Waals surface area contributed by atoms with Crippen molar-refractivity contribution >= 4 is 40.5 Å². The molecule has 1 fully saturated rings. The van der Waals surface area contributed by atoms with Gasteiger partial charge < -0.3 is 20.4 Å². The maximum Gasteiger partial charge on any atom is 0.226 e. The van der Waals surface area contributed by atoms with Crippen molar-refractivity contribution in [2.75, 3.05) is 36.4 Å². The molecular weight excluding hydrogens is 372 g/mol. The number of nitrogens with one attached hydrogen (secondary N) is 2. The molecule has 0 radical (unpaired) electrons. The van der Waals surface area contributed by atoms with Crippen LogP contribution in [0.3, 0.4) is 0 Å². The van der Waals surface area contributed by atoms with E-state index in [1.165, 1.54) is 0 Å². The minimum Gasteiger partial charge on any atom is -0.368 e.